The van der Waals surface area contributed by atoms with Crippen molar-refractivity contribution < 1.29 is 14.3 Å². The van der Waals surface area contributed by atoms with Crippen LogP contribution in [0.15, 0.2) is 48.5 Å². The van der Waals surface area contributed by atoms with Gasteiger partial charge >= 0.3 is 0 Å². The van der Waals surface area contributed by atoms with E-state index in [1.54, 1.807) is 0 Å². The van der Waals surface area contributed by atoms with E-state index in [1.807, 2.05) is 53.4 Å². The molecule has 0 bridgehead atoms. The maximum atomic E-state index is 13.5. The Morgan fingerprint density at radius 3 is 2.61 bits per heavy atom. The predicted octanol–water partition coefficient (Wildman–Crippen LogP) is 5.97. The minimum atomic E-state index is -0.140. The summed E-state index contributed by atoms with van der Waals surface area (Å²) in [6, 6.07) is 15.2. The van der Waals surface area contributed by atoms with Crippen LogP contribution in [0.3, 0.4) is 0 Å². The van der Waals surface area contributed by atoms with Gasteiger partial charge < -0.3 is 14.4 Å². The number of rotatable bonds is 5. The van der Waals surface area contributed by atoms with Crippen LogP contribution in [0.5, 0.6) is 0 Å². The number of likely N-dealkylation sites (tertiary alicyclic amines) is 1. The Morgan fingerprint density at radius 1 is 1.10 bits per heavy atom. The lowest BCUT2D eigenvalue weighted by Gasteiger charge is -2.45. The van der Waals surface area contributed by atoms with E-state index >= 15 is 0 Å². The number of hydrogen-bond acceptors (Lipinski definition) is 3. The fourth-order valence-electron chi connectivity index (χ4n) is 4.89. The maximum Gasteiger partial charge on any atom is 0.254 e. The Kier molecular flexibility index (Phi) is 7.55. The number of benzene rings is 2. The first-order valence-corrected chi connectivity index (χ1v) is 11.8. The molecule has 2 heterocycles. The van der Waals surface area contributed by atoms with Crippen LogP contribution in [0.4, 0.5) is 0 Å². The number of nitrogens with zero attached hydrogens (tertiary/aromatic N) is 1. The summed E-state index contributed by atoms with van der Waals surface area (Å²) < 4.78 is 12.1. The smallest absolute Gasteiger partial charge is 0.254 e. The second-order valence-electron chi connectivity index (χ2n) is 8.46. The molecule has 6 heteroatoms. The van der Waals surface area contributed by atoms with Crippen molar-refractivity contribution in [1.29, 1.82) is 0 Å². The van der Waals surface area contributed by atoms with Crippen molar-refractivity contribution in [2.45, 2.75) is 56.8 Å². The van der Waals surface area contributed by atoms with Crippen molar-refractivity contribution in [3.05, 3.63) is 69.7 Å². The van der Waals surface area contributed by atoms with Crippen LogP contribution in [0.25, 0.3) is 0 Å². The fraction of sp³-hybridized carbons (Fsp3) is 0.480. The molecule has 4 rings (SSSR count). The van der Waals surface area contributed by atoms with Crippen LogP contribution in [0.2, 0.25) is 10.0 Å². The molecule has 4 unspecified atom stereocenters. The van der Waals surface area contributed by atoms with E-state index < -0.39 is 0 Å². The van der Waals surface area contributed by atoms with E-state index in [2.05, 4.69) is 6.92 Å². The largest absolute Gasteiger partial charge is 0.379 e. The summed E-state index contributed by atoms with van der Waals surface area (Å²) in [4.78, 5) is 15.5. The highest BCUT2D eigenvalue weighted by Gasteiger charge is 2.40. The van der Waals surface area contributed by atoms with Gasteiger partial charge in [-0.2, -0.15) is 0 Å². The zero-order chi connectivity index (χ0) is 21.8. The molecule has 166 valence electrons. The third-order valence-electron chi connectivity index (χ3n) is 6.35. The molecule has 2 saturated heterocycles. The van der Waals surface area contributed by atoms with Gasteiger partial charge in [0.1, 0.15) is 0 Å². The van der Waals surface area contributed by atoms with Crippen molar-refractivity contribution in [2.24, 2.45) is 0 Å². The molecule has 0 spiro atoms. The first kappa shape index (κ1) is 22.6. The Labute approximate surface area is 194 Å². The second kappa shape index (κ2) is 10.4. The molecule has 0 aliphatic carbocycles. The van der Waals surface area contributed by atoms with E-state index in [0.717, 1.165) is 37.9 Å². The highest BCUT2D eigenvalue weighted by molar-refractivity contribution is 6.42. The topological polar surface area (TPSA) is 38.8 Å². The summed E-state index contributed by atoms with van der Waals surface area (Å²) in [5.74, 6) is 0.168. The summed E-state index contributed by atoms with van der Waals surface area (Å²) in [5.41, 5.74) is 1.80. The summed E-state index contributed by atoms with van der Waals surface area (Å²) in [7, 11) is 0. The second-order valence-corrected chi connectivity index (χ2v) is 9.27. The van der Waals surface area contributed by atoms with Crippen molar-refractivity contribution in [2.75, 3.05) is 19.8 Å². The van der Waals surface area contributed by atoms with E-state index in [-0.39, 0.29) is 30.1 Å². The number of hydrogen-bond donors (Lipinski definition) is 0. The normalized spacial score (nSPS) is 25.3. The first-order chi connectivity index (χ1) is 15.0. The average Bonchev–Trinajstić information content (AvgIpc) is 2.81. The fourth-order valence-corrected chi connectivity index (χ4v) is 5.20. The molecule has 0 radical (unpaired) electrons. The molecule has 1 amide bonds. The van der Waals surface area contributed by atoms with Gasteiger partial charge in [0.15, 0.2) is 0 Å². The van der Waals surface area contributed by atoms with Gasteiger partial charge in [-0.15, -0.1) is 0 Å². The van der Waals surface area contributed by atoms with E-state index in [9.17, 15) is 4.79 Å². The molecule has 31 heavy (non-hydrogen) atoms. The van der Waals surface area contributed by atoms with Gasteiger partial charge in [-0.1, -0.05) is 47.5 Å². The summed E-state index contributed by atoms with van der Waals surface area (Å²) in [6.45, 7) is 4.20. The van der Waals surface area contributed by atoms with Crippen molar-refractivity contribution in [1.82, 2.24) is 4.90 Å². The molecular weight excluding hydrogens is 433 g/mol. The maximum absolute atomic E-state index is 13.5. The quantitative estimate of drug-likeness (QED) is 0.550. The van der Waals surface area contributed by atoms with Crippen LogP contribution in [-0.2, 0) is 9.47 Å². The number of amides is 1. The lowest BCUT2D eigenvalue weighted by atomic mass is 9.80. The molecule has 2 fully saturated rings. The van der Waals surface area contributed by atoms with E-state index in [0.29, 0.717) is 28.8 Å². The Balaban J connectivity index is 1.65. The highest BCUT2D eigenvalue weighted by Crippen LogP contribution is 2.38. The molecule has 4 atom stereocenters. The van der Waals surface area contributed by atoms with Crippen LogP contribution in [0.1, 0.15) is 54.4 Å². The number of carbonyl (C=O) groups excluding carboxylic acids is 1. The van der Waals surface area contributed by atoms with Crippen molar-refractivity contribution in [3.8, 4) is 0 Å². The highest BCUT2D eigenvalue weighted by atomic mass is 35.5. The molecule has 2 aliphatic rings. The molecule has 4 nitrogen and oxygen atoms in total. The third-order valence-corrected chi connectivity index (χ3v) is 7.09. The number of halogens is 2. The molecule has 0 aromatic heterocycles. The average molecular weight is 462 g/mol. The van der Waals surface area contributed by atoms with E-state index in [4.69, 9.17) is 32.7 Å². The van der Waals surface area contributed by atoms with Gasteiger partial charge in [-0.3, -0.25) is 4.79 Å². The van der Waals surface area contributed by atoms with Gasteiger partial charge in [0.05, 0.1) is 34.9 Å². The molecule has 2 aliphatic heterocycles. The first-order valence-electron chi connectivity index (χ1n) is 11.1. The lowest BCUT2D eigenvalue weighted by Crippen LogP contribution is -2.54. The molecular formula is C25H29Cl2NO3. The van der Waals surface area contributed by atoms with Gasteiger partial charge in [-0.25, -0.2) is 0 Å². The van der Waals surface area contributed by atoms with E-state index in [1.165, 1.54) is 0 Å². The molecule has 0 saturated carbocycles. The molecule has 2 aromatic rings. The van der Waals surface area contributed by atoms with Crippen molar-refractivity contribution >= 4 is 29.1 Å². The lowest BCUT2D eigenvalue weighted by molar-refractivity contribution is -0.105. The number of piperidine rings is 1. The molecule has 0 N–H and O–H groups in total. The standard InChI is InChI=1S/C25H29Cl2NO3/c1-17(31-20-9-6-14-30-16-20)24-21(19-11-12-22(26)23(27)15-19)10-5-13-28(24)25(29)18-7-3-2-4-8-18/h2-4,7-8,11-12,15,17,20-21,24H,5-6,9-10,13-14,16H2,1H3. The number of carbonyl (C=O) groups is 1. The van der Waals surface area contributed by atoms with Crippen molar-refractivity contribution in [3.63, 3.8) is 0 Å². The zero-order valence-corrected chi connectivity index (χ0v) is 19.3. The predicted molar refractivity (Wildman–Crippen MR) is 124 cm³/mol. The third kappa shape index (κ3) is 5.25. The van der Waals surface area contributed by atoms with Crippen LogP contribution in [0, 0.1) is 0 Å². The summed E-state index contributed by atoms with van der Waals surface area (Å²) in [6.07, 6.45) is 3.81. The summed E-state index contributed by atoms with van der Waals surface area (Å²) >= 11 is 12.5. The van der Waals surface area contributed by atoms with Gasteiger partial charge in [0, 0.05) is 24.6 Å². The Hall–Kier alpha value is -1.59. The Morgan fingerprint density at radius 2 is 1.90 bits per heavy atom. The van der Waals surface area contributed by atoms with Gasteiger partial charge in [0.25, 0.3) is 5.91 Å². The van der Waals surface area contributed by atoms with Gasteiger partial charge in [-0.05, 0) is 62.4 Å². The number of ether oxygens (including phenoxy) is 2. The van der Waals surface area contributed by atoms with Crippen LogP contribution >= 0.6 is 23.2 Å². The van der Waals surface area contributed by atoms with Crippen LogP contribution in [-0.4, -0.2) is 48.8 Å². The van der Waals surface area contributed by atoms with Gasteiger partial charge in [0.2, 0.25) is 0 Å². The molecule has 2 aromatic carbocycles. The minimum Gasteiger partial charge on any atom is -0.379 e. The summed E-state index contributed by atoms with van der Waals surface area (Å²) in [5, 5.41) is 1.08. The minimum absolute atomic E-state index is 0.0469. The SMILES string of the molecule is CC(OC1CCCOC1)C1C(c2ccc(Cl)c(Cl)c2)CCCN1C(=O)c1ccccc1. The van der Waals surface area contributed by atoms with Crippen LogP contribution < -0.4 is 0 Å². The Bertz CT molecular complexity index is 886. The zero-order valence-electron chi connectivity index (χ0n) is 17.8. The monoisotopic (exact) mass is 461 g/mol.